The molecule has 0 aromatic rings. The molecule has 0 aromatic carbocycles. The largest absolute Gasteiger partial charge is 0.314 e. The van der Waals surface area contributed by atoms with Gasteiger partial charge in [-0.2, -0.15) is 11.8 Å². The molecule has 2 atom stereocenters. The number of nitrogens with one attached hydrogen (secondary N) is 1. The molecule has 1 nitrogen and oxygen atoms in total. The van der Waals surface area contributed by atoms with Gasteiger partial charge in [0.1, 0.15) is 0 Å². The lowest BCUT2D eigenvalue weighted by molar-refractivity contribution is 0.366. The molecule has 2 unspecified atom stereocenters. The maximum absolute atomic E-state index is 3.61. The highest BCUT2D eigenvalue weighted by atomic mass is 32.2. The molecule has 1 fully saturated rings. The summed E-state index contributed by atoms with van der Waals surface area (Å²) in [6.07, 6.45) is 4.11. The van der Waals surface area contributed by atoms with E-state index >= 15 is 0 Å². The lowest BCUT2D eigenvalue weighted by Crippen LogP contribution is -2.36. The zero-order valence-corrected chi connectivity index (χ0v) is 9.12. The van der Waals surface area contributed by atoms with E-state index in [1.165, 1.54) is 30.8 Å². The van der Waals surface area contributed by atoms with Crippen molar-refractivity contribution >= 4 is 11.8 Å². The Morgan fingerprint density at radius 3 is 2.83 bits per heavy atom. The number of rotatable bonds is 5. The van der Waals surface area contributed by atoms with Gasteiger partial charge in [0.25, 0.3) is 0 Å². The topological polar surface area (TPSA) is 12.0 Å². The van der Waals surface area contributed by atoms with Gasteiger partial charge in [-0.05, 0) is 36.8 Å². The monoisotopic (exact) mass is 187 g/mol. The summed E-state index contributed by atoms with van der Waals surface area (Å²) < 4.78 is 0. The van der Waals surface area contributed by atoms with Crippen LogP contribution in [0.1, 0.15) is 33.1 Å². The van der Waals surface area contributed by atoms with Crippen LogP contribution in [0.15, 0.2) is 0 Å². The Labute approximate surface area is 80.7 Å². The van der Waals surface area contributed by atoms with Crippen LogP contribution in [0, 0.1) is 5.92 Å². The van der Waals surface area contributed by atoms with Crippen LogP contribution in [-0.4, -0.2) is 24.1 Å². The molecule has 1 aliphatic rings. The van der Waals surface area contributed by atoms with Crippen LogP contribution < -0.4 is 5.32 Å². The van der Waals surface area contributed by atoms with Gasteiger partial charge in [-0.25, -0.2) is 0 Å². The molecule has 12 heavy (non-hydrogen) atoms. The molecule has 0 aromatic heterocycles. The number of hydrogen-bond acceptors (Lipinski definition) is 2. The zero-order valence-electron chi connectivity index (χ0n) is 8.31. The van der Waals surface area contributed by atoms with Gasteiger partial charge in [-0.15, -0.1) is 0 Å². The molecule has 1 aliphatic heterocycles. The van der Waals surface area contributed by atoms with E-state index in [1.54, 1.807) is 0 Å². The van der Waals surface area contributed by atoms with Gasteiger partial charge < -0.3 is 5.32 Å². The van der Waals surface area contributed by atoms with Crippen molar-refractivity contribution in [2.45, 2.75) is 39.2 Å². The highest BCUT2D eigenvalue weighted by Gasteiger charge is 2.23. The average molecular weight is 187 g/mol. The fourth-order valence-electron chi connectivity index (χ4n) is 1.95. The highest BCUT2D eigenvalue weighted by molar-refractivity contribution is 7.99. The van der Waals surface area contributed by atoms with Crippen LogP contribution in [0.3, 0.4) is 0 Å². The maximum atomic E-state index is 3.61. The first-order valence-electron chi connectivity index (χ1n) is 5.19. The predicted octanol–water partition coefficient (Wildman–Crippen LogP) is 2.52. The summed E-state index contributed by atoms with van der Waals surface area (Å²) >= 11 is 2.12. The van der Waals surface area contributed by atoms with Crippen molar-refractivity contribution in [3.05, 3.63) is 0 Å². The van der Waals surface area contributed by atoms with Gasteiger partial charge >= 0.3 is 0 Å². The van der Waals surface area contributed by atoms with E-state index in [2.05, 4.69) is 30.9 Å². The molecule has 1 saturated heterocycles. The van der Waals surface area contributed by atoms with E-state index in [4.69, 9.17) is 0 Å². The number of thioether (sulfide) groups is 1. The molecule has 0 amide bonds. The van der Waals surface area contributed by atoms with Crippen molar-refractivity contribution in [1.29, 1.82) is 0 Å². The molecule has 1 heterocycles. The van der Waals surface area contributed by atoms with Gasteiger partial charge in [-0.1, -0.05) is 20.3 Å². The van der Waals surface area contributed by atoms with Crippen molar-refractivity contribution in [3.8, 4) is 0 Å². The van der Waals surface area contributed by atoms with Crippen LogP contribution in [0.4, 0.5) is 0 Å². The summed E-state index contributed by atoms with van der Waals surface area (Å²) in [5.41, 5.74) is 0. The first-order chi connectivity index (χ1) is 5.88. The SMILES string of the molecule is CCCC(NCC)C1CCSC1. The molecule has 2 heteroatoms. The molecule has 0 aliphatic carbocycles. The standard InChI is InChI=1S/C10H21NS/c1-3-5-10(11-4-2)9-6-7-12-8-9/h9-11H,3-8H2,1-2H3. The quantitative estimate of drug-likeness (QED) is 0.710. The molecule has 72 valence electrons. The van der Waals surface area contributed by atoms with Gasteiger partial charge in [-0.3, -0.25) is 0 Å². The Hall–Kier alpha value is 0.310. The zero-order chi connectivity index (χ0) is 8.81. The second kappa shape index (κ2) is 5.87. The second-order valence-corrected chi connectivity index (χ2v) is 4.73. The minimum absolute atomic E-state index is 0.801. The van der Waals surface area contributed by atoms with Crippen LogP contribution in [0.25, 0.3) is 0 Å². The van der Waals surface area contributed by atoms with Gasteiger partial charge in [0.2, 0.25) is 0 Å². The van der Waals surface area contributed by atoms with E-state index in [1.807, 2.05) is 0 Å². The molecule has 1 N–H and O–H groups in total. The van der Waals surface area contributed by atoms with Gasteiger partial charge in [0.15, 0.2) is 0 Å². The van der Waals surface area contributed by atoms with E-state index in [-0.39, 0.29) is 0 Å². The lowest BCUT2D eigenvalue weighted by atomic mass is 9.95. The Morgan fingerprint density at radius 2 is 2.33 bits per heavy atom. The van der Waals surface area contributed by atoms with Crippen molar-refractivity contribution < 1.29 is 0 Å². The summed E-state index contributed by atoms with van der Waals surface area (Å²) in [5.74, 6) is 3.73. The smallest absolute Gasteiger partial charge is 0.0103 e. The summed E-state index contributed by atoms with van der Waals surface area (Å²) in [7, 11) is 0. The van der Waals surface area contributed by atoms with Crippen molar-refractivity contribution in [3.63, 3.8) is 0 Å². The number of hydrogen-bond donors (Lipinski definition) is 1. The van der Waals surface area contributed by atoms with Crippen LogP contribution in [-0.2, 0) is 0 Å². The van der Waals surface area contributed by atoms with Gasteiger partial charge in [0, 0.05) is 6.04 Å². The van der Waals surface area contributed by atoms with E-state index in [0.29, 0.717) is 0 Å². The fourth-order valence-corrected chi connectivity index (χ4v) is 3.29. The average Bonchev–Trinajstić information content (AvgIpc) is 2.56. The normalized spacial score (nSPS) is 26.0. The van der Waals surface area contributed by atoms with Crippen LogP contribution in [0.5, 0.6) is 0 Å². The third-order valence-electron chi connectivity index (χ3n) is 2.60. The Morgan fingerprint density at radius 1 is 1.50 bits per heavy atom. The summed E-state index contributed by atoms with van der Waals surface area (Å²) in [5, 5.41) is 3.61. The molecule has 1 rings (SSSR count). The third kappa shape index (κ3) is 2.98. The van der Waals surface area contributed by atoms with E-state index in [9.17, 15) is 0 Å². The van der Waals surface area contributed by atoms with Crippen LogP contribution >= 0.6 is 11.8 Å². The first kappa shape index (κ1) is 10.4. The lowest BCUT2D eigenvalue weighted by Gasteiger charge is -2.23. The summed E-state index contributed by atoms with van der Waals surface area (Å²) in [6.45, 7) is 5.63. The Kier molecular flexibility index (Phi) is 5.08. The predicted molar refractivity (Wildman–Crippen MR) is 57.8 cm³/mol. The Bertz CT molecular complexity index is 104. The third-order valence-corrected chi connectivity index (χ3v) is 3.79. The first-order valence-corrected chi connectivity index (χ1v) is 6.35. The molecule has 0 radical (unpaired) electrons. The minimum atomic E-state index is 0.801. The minimum Gasteiger partial charge on any atom is -0.314 e. The van der Waals surface area contributed by atoms with E-state index in [0.717, 1.165) is 18.5 Å². The summed E-state index contributed by atoms with van der Waals surface area (Å²) in [6, 6.07) is 0.801. The van der Waals surface area contributed by atoms with Crippen molar-refractivity contribution in [2.75, 3.05) is 18.1 Å². The molecule has 0 bridgehead atoms. The maximum Gasteiger partial charge on any atom is 0.0103 e. The Balaban J connectivity index is 2.29. The van der Waals surface area contributed by atoms with Crippen molar-refractivity contribution in [1.82, 2.24) is 5.32 Å². The molecular formula is C10H21NS. The highest BCUT2D eigenvalue weighted by Crippen LogP contribution is 2.27. The van der Waals surface area contributed by atoms with Gasteiger partial charge in [0.05, 0.1) is 0 Å². The molecule has 0 saturated carbocycles. The van der Waals surface area contributed by atoms with Crippen LogP contribution in [0.2, 0.25) is 0 Å². The molecule has 0 spiro atoms. The fraction of sp³-hybridized carbons (Fsp3) is 1.00. The second-order valence-electron chi connectivity index (χ2n) is 3.58. The molecular weight excluding hydrogens is 166 g/mol. The summed E-state index contributed by atoms with van der Waals surface area (Å²) in [4.78, 5) is 0. The van der Waals surface area contributed by atoms with E-state index < -0.39 is 0 Å². The van der Waals surface area contributed by atoms with Crippen molar-refractivity contribution in [2.24, 2.45) is 5.92 Å².